The molecule has 5 nitrogen and oxygen atoms in total. The molecule has 1 saturated carbocycles. The van der Waals surface area contributed by atoms with Crippen LogP contribution in [-0.4, -0.2) is 69.8 Å². The van der Waals surface area contributed by atoms with Crippen molar-refractivity contribution in [2.75, 3.05) is 14.1 Å². The maximum Gasteiger partial charge on any atom is 0.413 e. The molecule has 7 unspecified atom stereocenters. The molecule has 2 aliphatic heterocycles. The Morgan fingerprint density at radius 2 is 1.90 bits per heavy atom. The molecule has 7 rings (SSSR count). The van der Waals surface area contributed by atoms with Crippen LogP contribution in [0.1, 0.15) is 44.6 Å². The van der Waals surface area contributed by atoms with E-state index in [4.69, 9.17) is 4.74 Å². The lowest BCUT2D eigenvalue weighted by atomic mass is 9.56. The van der Waals surface area contributed by atoms with Gasteiger partial charge < -0.3 is 19.8 Å². The zero-order valence-electron chi connectivity index (χ0n) is 22.3. The molecular weight excluding hydrogens is 505 g/mol. The van der Waals surface area contributed by atoms with Crippen LogP contribution < -0.4 is 0 Å². The van der Waals surface area contributed by atoms with Crippen molar-refractivity contribution >= 4 is 16.3 Å². The summed E-state index contributed by atoms with van der Waals surface area (Å²) < 4.78 is 51.6. The van der Waals surface area contributed by atoms with E-state index in [1.807, 2.05) is 44.1 Å². The van der Waals surface area contributed by atoms with Crippen molar-refractivity contribution in [3.63, 3.8) is 0 Å². The number of benzene rings is 1. The number of rotatable bonds is 2. The summed E-state index contributed by atoms with van der Waals surface area (Å²) in [4.78, 5) is 6.05. The van der Waals surface area contributed by atoms with Crippen molar-refractivity contribution in [1.29, 1.82) is 0 Å². The van der Waals surface area contributed by atoms with E-state index in [0.29, 0.717) is 31.3 Å². The van der Waals surface area contributed by atoms with Crippen molar-refractivity contribution in [2.45, 2.75) is 74.7 Å². The first kappa shape index (κ1) is 25.4. The largest absolute Gasteiger partial charge is 0.413 e. The molecule has 8 heteroatoms. The number of hydrogen-bond acceptors (Lipinski definition) is 5. The minimum Gasteiger partial charge on any atom is -0.388 e. The van der Waals surface area contributed by atoms with Gasteiger partial charge in [0, 0.05) is 40.7 Å². The van der Waals surface area contributed by atoms with Gasteiger partial charge in [0.25, 0.3) is 0 Å². The maximum absolute atomic E-state index is 14.9. The molecule has 1 saturated heterocycles. The number of aliphatic hydroxyl groups is 2. The van der Waals surface area contributed by atoms with Gasteiger partial charge in [0.15, 0.2) is 0 Å². The second kappa shape index (κ2) is 8.03. The number of aliphatic hydroxyl groups excluding tert-OH is 2. The van der Waals surface area contributed by atoms with Gasteiger partial charge in [-0.3, -0.25) is 4.98 Å². The van der Waals surface area contributed by atoms with Gasteiger partial charge in [0.2, 0.25) is 0 Å². The molecule has 0 radical (unpaired) electrons. The number of ether oxygens (including phenoxy) is 1. The van der Waals surface area contributed by atoms with Crippen LogP contribution in [0.25, 0.3) is 16.3 Å². The number of likely N-dealkylation sites (N-methyl/N-ethyl adjacent to an activating group) is 1. The van der Waals surface area contributed by atoms with Crippen LogP contribution in [0.2, 0.25) is 0 Å². The second-order valence-corrected chi connectivity index (χ2v) is 12.6. The van der Waals surface area contributed by atoms with Crippen LogP contribution in [0.3, 0.4) is 0 Å². The standard InChI is InChI=1S/C31H33F3N2O3/c1-28-14-23(31(32,33)34)21-13-22-26(37)27(38)24(36(2)3)15-29(22)9-10-30(21,39-29)25(28)7-6-20(28)18-4-5-19-16-35-11-8-17(19)12-18/h4-6,8,11-13,16,24-27,37-38H,7,9-10,14-15H2,1-3H3. The molecule has 7 atom stereocenters. The Balaban J connectivity index is 1.39. The number of allylic oxidation sites excluding steroid dienone is 3. The molecule has 206 valence electrons. The first-order chi connectivity index (χ1) is 18.4. The Bertz CT molecular complexity index is 1480. The number of pyridine rings is 1. The Hall–Kier alpha value is -2.52. The molecule has 2 N–H and O–H groups in total. The van der Waals surface area contributed by atoms with Crippen LogP contribution in [-0.2, 0) is 4.74 Å². The molecule has 2 bridgehead atoms. The predicted molar refractivity (Wildman–Crippen MR) is 142 cm³/mol. The van der Waals surface area contributed by atoms with Gasteiger partial charge in [-0.05, 0) is 86.0 Å². The van der Waals surface area contributed by atoms with E-state index in [9.17, 15) is 23.4 Å². The average Bonchev–Trinajstić information content (AvgIpc) is 3.40. The molecule has 2 spiro atoms. The van der Waals surface area contributed by atoms with E-state index in [2.05, 4.69) is 17.1 Å². The number of hydrogen-bond donors (Lipinski definition) is 2. The highest BCUT2D eigenvalue weighted by Crippen LogP contribution is 2.70. The van der Waals surface area contributed by atoms with E-state index in [1.165, 1.54) is 0 Å². The normalized spacial score (nSPS) is 39.4. The van der Waals surface area contributed by atoms with E-state index in [-0.39, 0.29) is 24.0 Å². The van der Waals surface area contributed by atoms with Crippen molar-refractivity contribution < 1.29 is 28.1 Å². The van der Waals surface area contributed by atoms with Crippen LogP contribution >= 0.6 is 0 Å². The summed E-state index contributed by atoms with van der Waals surface area (Å²) in [7, 11) is 3.69. The van der Waals surface area contributed by atoms with Gasteiger partial charge in [-0.15, -0.1) is 0 Å². The van der Waals surface area contributed by atoms with Crippen molar-refractivity contribution in [3.8, 4) is 0 Å². The lowest BCUT2D eigenvalue weighted by molar-refractivity contribution is -0.170. The Kier molecular flexibility index (Phi) is 5.24. The highest BCUT2D eigenvalue weighted by atomic mass is 19.4. The fraction of sp³-hybridized carbons (Fsp3) is 0.516. The van der Waals surface area contributed by atoms with Gasteiger partial charge in [0.1, 0.15) is 6.10 Å². The minimum atomic E-state index is -4.55. The van der Waals surface area contributed by atoms with E-state index in [1.54, 1.807) is 18.5 Å². The lowest BCUT2D eigenvalue weighted by Gasteiger charge is -2.57. The summed E-state index contributed by atoms with van der Waals surface area (Å²) in [6.45, 7) is 1.97. The van der Waals surface area contributed by atoms with Gasteiger partial charge in [-0.1, -0.05) is 31.2 Å². The third kappa shape index (κ3) is 3.32. The Labute approximate surface area is 225 Å². The third-order valence-electron chi connectivity index (χ3n) is 10.5. The summed E-state index contributed by atoms with van der Waals surface area (Å²) in [5.74, 6) is -0.173. The summed E-state index contributed by atoms with van der Waals surface area (Å²) in [5, 5.41) is 24.0. The quantitative estimate of drug-likeness (QED) is 0.551. The lowest BCUT2D eigenvalue weighted by Crippen LogP contribution is -2.62. The smallest absolute Gasteiger partial charge is 0.388 e. The van der Waals surface area contributed by atoms with Crippen LogP contribution in [0.5, 0.6) is 0 Å². The summed E-state index contributed by atoms with van der Waals surface area (Å²) >= 11 is 0. The summed E-state index contributed by atoms with van der Waals surface area (Å²) in [6, 6.07) is 7.59. The fourth-order valence-corrected chi connectivity index (χ4v) is 8.63. The van der Waals surface area contributed by atoms with Crippen molar-refractivity contribution in [2.24, 2.45) is 11.3 Å². The highest BCUT2D eigenvalue weighted by molar-refractivity contribution is 5.87. The average molecular weight is 539 g/mol. The SMILES string of the molecule is CN(C)C1CC23CCC4(O2)C(=C(C(F)(F)F)CC2(C)C(c5ccc6cnccc6c5)=CCC24)C=C3C(O)C1O. The summed E-state index contributed by atoms with van der Waals surface area (Å²) in [6.07, 6.45) is 2.16. The van der Waals surface area contributed by atoms with Gasteiger partial charge in [-0.25, -0.2) is 0 Å². The van der Waals surface area contributed by atoms with E-state index < -0.39 is 40.6 Å². The van der Waals surface area contributed by atoms with Gasteiger partial charge >= 0.3 is 6.18 Å². The number of fused-ring (bicyclic) bond motifs is 2. The van der Waals surface area contributed by atoms with E-state index >= 15 is 0 Å². The Morgan fingerprint density at radius 1 is 1.10 bits per heavy atom. The molecule has 1 aromatic carbocycles. The summed E-state index contributed by atoms with van der Waals surface area (Å²) in [5.41, 5.74) is -0.901. The predicted octanol–water partition coefficient (Wildman–Crippen LogP) is 5.19. The molecule has 5 aliphatic rings. The second-order valence-electron chi connectivity index (χ2n) is 12.6. The molecule has 39 heavy (non-hydrogen) atoms. The number of alkyl halides is 3. The van der Waals surface area contributed by atoms with Crippen molar-refractivity contribution in [3.05, 3.63) is 71.1 Å². The number of halogens is 3. The molecule has 3 aliphatic carbocycles. The van der Waals surface area contributed by atoms with Crippen LogP contribution in [0, 0.1) is 11.3 Å². The number of nitrogens with zero attached hydrogens (tertiary/aromatic N) is 2. The third-order valence-corrected chi connectivity index (χ3v) is 10.5. The minimum absolute atomic E-state index is 0.155. The molecule has 2 fully saturated rings. The molecule has 1 aromatic heterocycles. The highest BCUT2D eigenvalue weighted by Gasteiger charge is 2.69. The Morgan fingerprint density at radius 3 is 2.64 bits per heavy atom. The van der Waals surface area contributed by atoms with Gasteiger partial charge in [-0.2, -0.15) is 13.2 Å². The van der Waals surface area contributed by atoms with Crippen molar-refractivity contribution in [1.82, 2.24) is 9.88 Å². The zero-order valence-corrected chi connectivity index (χ0v) is 22.3. The van der Waals surface area contributed by atoms with E-state index in [0.717, 1.165) is 21.9 Å². The molecular formula is C31H33F3N2O3. The molecule has 0 amide bonds. The molecule has 2 aromatic rings. The molecule has 3 heterocycles. The van der Waals surface area contributed by atoms with Crippen LogP contribution in [0.4, 0.5) is 13.2 Å². The maximum atomic E-state index is 14.9. The topological polar surface area (TPSA) is 65.8 Å². The zero-order chi connectivity index (χ0) is 27.5. The first-order valence-corrected chi connectivity index (χ1v) is 13.7. The van der Waals surface area contributed by atoms with Gasteiger partial charge in [0.05, 0.1) is 17.3 Å². The fourth-order valence-electron chi connectivity index (χ4n) is 8.63. The first-order valence-electron chi connectivity index (χ1n) is 13.7. The van der Waals surface area contributed by atoms with Crippen LogP contribution in [0.15, 0.2) is 65.5 Å². The number of aromatic nitrogens is 1. The monoisotopic (exact) mass is 538 g/mol.